The van der Waals surface area contributed by atoms with Crippen molar-refractivity contribution in [3.05, 3.63) is 59.7 Å². The lowest BCUT2D eigenvalue weighted by Gasteiger charge is -2.21. The zero-order valence-corrected chi connectivity index (χ0v) is 14.0. The molecule has 130 valence electrons. The third-order valence-corrected chi connectivity index (χ3v) is 4.44. The SMILES string of the molecule is O=C(NC1CC1)C(NCc1ccc2c(c1)OCCO2)c1ccccc1. The molecule has 1 atom stereocenters. The Balaban J connectivity index is 1.47. The van der Waals surface area contributed by atoms with E-state index >= 15 is 0 Å². The predicted octanol–water partition coefficient (Wildman–Crippen LogP) is 2.57. The first-order chi connectivity index (χ1) is 12.3. The van der Waals surface area contributed by atoms with Crippen LogP contribution in [0.2, 0.25) is 0 Å². The normalized spacial score (nSPS) is 17.0. The van der Waals surface area contributed by atoms with E-state index < -0.39 is 0 Å². The minimum Gasteiger partial charge on any atom is -0.486 e. The van der Waals surface area contributed by atoms with Gasteiger partial charge < -0.3 is 14.8 Å². The fraction of sp³-hybridized carbons (Fsp3) is 0.350. The highest BCUT2D eigenvalue weighted by molar-refractivity contribution is 5.83. The third-order valence-electron chi connectivity index (χ3n) is 4.44. The number of benzene rings is 2. The van der Waals surface area contributed by atoms with Gasteiger partial charge in [-0.1, -0.05) is 36.4 Å². The van der Waals surface area contributed by atoms with Crippen LogP contribution >= 0.6 is 0 Å². The van der Waals surface area contributed by atoms with E-state index in [1.54, 1.807) is 0 Å². The van der Waals surface area contributed by atoms with Crippen molar-refractivity contribution in [3.8, 4) is 11.5 Å². The average Bonchev–Trinajstić information content (AvgIpc) is 3.46. The van der Waals surface area contributed by atoms with Crippen molar-refractivity contribution in [2.24, 2.45) is 0 Å². The Bertz CT molecular complexity index is 744. The van der Waals surface area contributed by atoms with Gasteiger partial charge in [0.1, 0.15) is 19.3 Å². The number of carbonyl (C=O) groups excluding carboxylic acids is 1. The van der Waals surface area contributed by atoms with Crippen LogP contribution in [-0.2, 0) is 11.3 Å². The summed E-state index contributed by atoms with van der Waals surface area (Å²) in [6.07, 6.45) is 2.16. The molecule has 4 rings (SSSR count). The van der Waals surface area contributed by atoms with E-state index in [4.69, 9.17) is 9.47 Å². The Morgan fingerprint density at radius 2 is 1.80 bits per heavy atom. The molecule has 2 aromatic rings. The number of nitrogens with one attached hydrogen (secondary N) is 2. The number of hydrogen-bond acceptors (Lipinski definition) is 4. The molecule has 25 heavy (non-hydrogen) atoms. The second-order valence-corrected chi connectivity index (χ2v) is 6.49. The summed E-state index contributed by atoms with van der Waals surface area (Å²) >= 11 is 0. The first kappa shape index (κ1) is 16.0. The summed E-state index contributed by atoms with van der Waals surface area (Å²) in [7, 11) is 0. The van der Waals surface area contributed by atoms with Gasteiger partial charge >= 0.3 is 0 Å². The van der Waals surface area contributed by atoms with Gasteiger partial charge in [-0.2, -0.15) is 0 Å². The van der Waals surface area contributed by atoms with Gasteiger partial charge in [-0.15, -0.1) is 0 Å². The van der Waals surface area contributed by atoms with E-state index in [1.165, 1.54) is 0 Å². The third kappa shape index (κ3) is 3.94. The first-order valence-corrected chi connectivity index (χ1v) is 8.77. The molecule has 1 fully saturated rings. The molecule has 1 unspecified atom stereocenters. The molecule has 0 bridgehead atoms. The van der Waals surface area contributed by atoms with Crippen molar-refractivity contribution in [2.75, 3.05) is 13.2 Å². The van der Waals surface area contributed by atoms with Crippen LogP contribution in [0.15, 0.2) is 48.5 Å². The molecule has 0 saturated heterocycles. The molecule has 2 aromatic carbocycles. The summed E-state index contributed by atoms with van der Waals surface area (Å²) in [6.45, 7) is 1.73. The van der Waals surface area contributed by atoms with Crippen molar-refractivity contribution in [1.29, 1.82) is 0 Å². The number of ether oxygens (including phenoxy) is 2. The highest BCUT2D eigenvalue weighted by atomic mass is 16.6. The summed E-state index contributed by atoms with van der Waals surface area (Å²) in [6, 6.07) is 15.7. The van der Waals surface area contributed by atoms with Crippen LogP contribution in [0.4, 0.5) is 0 Å². The molecule has 0 spiro atoms. The molecule has 1 aliphatic carbocycles. The van der Waals surface area contributed by atoms with Crippen LogP contribution in [0.1, 0.15) is 30.0 Å². The van der Waals surface area contributed by atoms with Gasteiger partial charge in [-0.25, -0.2) is 0 Å². The molecule has 0 radical (unpaired) electrons. The first-order valence-electron chi connectivity index (χ1n) is 8.77. The Kier molecular flexibility index (Phi) is 4.57. The summed E-state index contributed by atoms with van der Waals surface area (Å²) in [5, 5.41) is 6.48. The molecule has 5 nitrogen and oxygen atoms in total. The molecule has 1 aliphatic heterocycles. The van der Waals surface area contributed by atoms with Gasteiger partial charge in [0.05, 0.1) is 0 Å². The van der Waals surface area contributed by atoms with Gasteiger partial charge in [0.25, 0.3) is 0 Å². The van der Waals surface area contributed by atoms with Gasteiger partial charge in [-0.05, 0) is 36.1 Å². The Morgan fingerprint density at radius 1 is 1.04 bits per heavy atom. The van der Waals surface area contributed by atoms with E-state index in [-0.39, 0.29) is 11.9 Å². The molecule has 5 heteroatoms. The zero-order chi connectivity index (χ0) is 17.1. The Labute approximate surface area is 147 Å². The van der Waals surface area contributed by atoms with Gasteiger partial charge in [0, 0.05) is 12.6 Å². The minimum absolute atomic E-state index is 0.0336. The molecule has 1 heterocycles. The van der Waals surface area contributed by atoms with Crippen LogP contribution in [0, 0.1) is 0 Å². The topological polar surface area (TPSA) is 59.6 Å². The van der Waals surface area contributed by atoms with Gasteiger partial charge in [0.2, 0.25) is 5.91 Å². The number of fused-ring (bicyclic) bond motifs is 1. The van der Waals surface area contributed by atoms with Crippen LogP contribution < -0.4 is 20.1 Å². The average molecular weight is 338 g/mol. The monoisotopic (exact) mass is 338 g/mol. The van der Waals surface area contributed by atoms with E-state index in [0.29, 0.717) is 25.8 Å². The number of rotatable bonds is 6. The van der Waals surface area contributed by atoms with Crippen molar-refractivity contribution in [3.63, 3.8) is 0 Å². The fourth-order valence-electron chi connectivity index (χ4n) is 2.94. The van der Waals surface area contributed by atoms with Crippen molar-refractivity contribution in [1.82, 2.24) is 10.6 Å². The van der Waals surface area contributed by atoms with E-state index in [1.807, 2.05) is 48.5 Å². The number of hydrogen-bond donors (Lipinski definition) is 2. The minimum atomic E-state index is -0.366. The largest absolute Gasteiger partial charge is 0.486 e. The molecule has 2 N–H and O–H groups in total. The molecule has 1 saturated carbocycles. The zero-order valence-electron chi connectivity index (χ0n) is 14.0. The highest BCUT2D eigenvalue weighted by Gasteiger charge is 2.28. The molecule has 2 aliphatic rings. The highest BCUT2D eigenvalue weighted by Crippen LogP contribution is 2.31. The predicted molar refractivity (Wildman–Crippen MR) is 94.6 cm³/mol. The maximum absolute atomic E-state index is 12.6. The lowest BCUT2D eigenvalue weighted by Crippen LogP contribution is -2.38. The van der Waals surface area contributed by atoms with E-state index in [9.17, 15) is 4.79 Å². The van der Waals surface area contributed by atoms with Crippen LogP contribution in [0.5, 0.6) is 11.5 Å². The lowest BCUT2D eigenvalue weighted by molar-refractivity contribution is -0.123. The van der Waals surface area contributed by atoms with Crippen molar-refractivity contribution < 1.29 is 14.3 Å². The molecule has 1 amide bonds. The number of amides is 1. The molecular weight excluding hydrogens is 316 g/mol. The van der Waals surface area contributed by atoms with E-state index in [0.717, 1.165) is 35.5 Å². The van der Waals surface area contributed by atoms with E-state index in [2.05, 4.69) is 10.6 Å². The quantitative estimate of drug-likeness (QED) is 0.850. The standard InChI is InChI=1S/C20H22N2O3/c23-20(22-16-7-8-16)19(15-4-2-1-3-5-15)21-13-14-6-9-17-18(12-14)25-11-10-24-17/h1-6,9,12,16,19,21H,7-8,10-11,13H2,(H,22,23). The Morgan fingerprint density at radius 3 is 2.56 bits per heavy atom. The van der Waals surface area contributed by atoms with Crippen molar-refractivity contribution >= 4 is 5.91 Å². The summed E-state index contributed by atoms with van der Waals surface area (Å²) in [4.78, 5) is 12.6. The summed E-state index contributed by atoms with van der Waals surface area (Å²) < 4.78 is 11.2. The summed E-state index contributed by atoms with van der Waals surface area (Å²) in [5.74, 6) is 1.58. The maximum Gasteiger partial charge on any atom is 0.241 e. The summed E-state index contributed by atoms with van der Waals surface area (Å²) in [5.41, 5.74) is 2.03. The molecule has 0 aromatic heterocycles. The molecular formula is C20H22N2O3. The lowest BCUT2D eigenvalue weighted by atomic mass is 10.1. The second-order valence-electron chi connectivity index (χ2n) is 6.49. The number of carbonyl (C=O) groups is 1. The second kappa shape index (κ2) is 7.15. The van der Waals surface area contributed by atoms with Gasteiger partial charge in [0.15, 0.2) is 11.5 Å². The van der Waals surface area contributed by atoms with Crippen LogP contribution in [0.25, 0.3) is 0 Å². The maximum atomic E-state index is 12.6. The van der Waals surface area contributed by atoms with Crippen LogP contribution in [0.3, 0.4) is 0 Å². The van der Waals surface area contributed by atoms with Gasteiger partial charge in [-0.3, -0.25) is 10.1 Å². The Hall–Kier alpha value is -2.53. The smallest absolute Gasteiger partial charge is 0.241 e. The van der Waals surface area contributed by atoms with Crippen molar-refractivity contribution in [2.45, 2.75) is 31.5 Å². The van der Waals surface area contributed by atoms with Crippen LogP contribution in [-0.4, -0.2) is 25.2 Å². The fourth-order valence-corrected chi connectivity index (χ4v) is 2.94.